The van der Waals surface area contributed by atoms with E-state index < -0.39 is 5.97 Å². The summed E-state index contributed by atoms with van der Waals surface area (Å²) in [6, 6.07) is 7.90. The number of nitrogens with zero attached hydrogens (tertiary/aromatic N) is 3. The predicted octanol–water partition coefficient (Wildman–Crippen LogP) is 3.74. The number of aromatic nitrogens is 3. The van der Waals surface area contributed by atoms with Gasteiger partial charge in [0.15, 0.2) is 0 Å². The van der Waals surface area contributed by atoms with Gasteiger partial charge in [-0.15, -0.1) is 0 Å². The summed E-state index contributed by atoms with van der Waals surface area (Å²) in [6.45, 7) is 1.97. The first-order chi connectivity index (χ1) is 13.1. The zero-order valence-electron chi connectivity index (χ0n) is 15.6. The lowest BCUT2D eigenvalue weighted by molar-refractivity contribution is 0.0600. The molecule has 2 heterocycles. The number of methoxy groups -OCH3 is 1. The molecule has 3 aliphatic rings. The van der Waals surface area contributed by atoms with Crippen LogP contribution in [0.5, 0.6) is 0 Å². The third-order valence-corrected chi connectivity index (χ3v) is 5.34. The van der Waals surface area contributed by atoms with E-state index in [9.17, 15) is 9.59 Å². The van der Waals surface area contributed by atoms with Gasteiger partial charge in [-0.2, -0.15) is 9.78 Å². The molecule has 0 unspecified atom stereocenters. The number of benzene rings is 1. The van der Waals surface area contributed by atoms with Gasteiger partial charge in [-0.1, -0.05) is 31.4 Å². The van der Waals surface area contributed by atoms with Crippen molar-refractivity contribution in [2.24, 2.45) is 0 Å². The number of pyridine rings is 1. The molecule has 27 heavy (non-hydrogen) atoms. The summed E-state index contributed by atoms with van der Waals surface area (Å²) in [5.74, 6) is -0.473. The minimum absolute atomic E-state index is 0.217. The Balaban J connectivity index is 1.92. The van der Waals surface area contributed by atoms with Crippen LogP contribution in [0.3, 0.4) is 0 Å². The van der Waals surface area contributed by atoms with Crippen molar-refractivity contribution < 1.29 is 9.53 Å². The van der Waals surface area contributed by atoms with Crippen LogP contribution in [0.4, 0.5) is 0 Å². The van der Waals surface area contributed by atoms with E-state index in [1.165, 1.54) is 18.2 Å². The third-order valence-electron chi connectivity index (χ3n) is 5.34. The molecule has 0 amide bonds. The number of carbonyl (C=O) groups excluding carboxylic acids is 1. The Morgan fingerprint density at radius 2 is 1.96 bits per heavy atom. The van der Waals surface area contributed by atoms with Gasteiger partial charge >= 0.3 is 5.97 Å². The monoisotopic (exact) mass is 365 g/mol. The molecule has 1 aliphatic carbocycles. The van der Waals surface area contributed by atoms with E-state index in [1.54, 1.807) is 6.20 Å². The number of rotatable bonds is 3. The summed E-state index contributed by atoms with van der Waals surface area (Å²) in [7, 11) is 1.35. The predicted molar refractivity (Wildman–Crippen MR) is 103 cm³/mol. The average molecular weight is 365 g/mol. The van der Waals surface area contributed by atoms with Gasteiger partial charge in [0.25, 0.3) is 5.56 Å². The number of aryl methyl sites for hydroxylation is 1. The van der Waals surface area contributed by atoms with Crippen LogP contribution in [-0.4, -0.2) is 27.4 Å². The molecule has 6 nitrogen and oxygen atoms in total. The first kappa shape index (κ1) is 17.5. The fourth-order valence-corrected chi connectivity index (χ4v) is 3.91. The van der Waals surface area contributed by atoms with Crippen LogP contribution in [0.2, 0.25) is 0 Å². The highest BCUT2D eigenvalue weighted by molar-refractivity contribution is 5.96. The molecule has 0 aromatic heterocycles. The lowest BCUT2D eigenvalue weighted by Crippen LogP contribution is -2.18. The molecule has 140 valence electrons. The molecule has 0 radical (unpaired) electrons. The normalized spacial score (nSPS) is 15.2. The van der Waals surface area contributed by atoms with Crippen LogP contribution in [0, 0.1) is 6.92 Å². The molecule has 0 atom stereocenters. The highest BCUT2D eigenvalue weighted by atomic mass is 16.5. The maximum atomic E-state index is 13.1. The number of hydrogen-bond acceptors (Lipinski definition) is 4. The maximum Gasteiger partial charge on any atom is 0.341 e. The minimum atomic E-state index is -0.473. The third kappa shape index (κ3) is 3.16. The van der Waals surface area contributed by atoms with Gasteiger partial charge in [-0.3, -0.25) is 4.79 Å². The molecule has 1 fully saturated rings. The Morgan fingerprint density at radius 1 is 1.19 bits per heavy atom. The smallest absolute Gasteiger partial charge is 0.341 e. The van der Waals surface area contributed by atoms with E-state index in [0.29, 0.717) is 28.6 Å². The zero-order chi connectivity index (χ0) is 19.0. The molecule has 0 N–H and O–H groups in total. The number of fused-ring (bicyclic) bond motifs is 1. The van der Waals surface area contributed by atoms with Crippen molar-refractivity contribution in [1.82, 2.24) is 14.3 Å². The summed E-state index contributed by atoms with van der Waals surface area (Å²) in [5, 5.41) is 4.47. The topological polar surface area (TPSA) is 66.1 Å². The van der Waals surface area contributed by atoms with Crippen LogP contribution in [0.15, 0.2) is 41.5 Å². The number of esters is 1. The summed E-state index contributed by atoms with van der Waals surface area (Å²) in [6.07, 6.45) is 9.30. The van der Waals surface area contributed by atoms with E-state index in [-0.39, 0.29) is 5.56 Å². The second-order valence-corrected chi connectivity index (χ2v) is 7.22. The first-order valence-electron chi connectivity index (χ1n) is 9.38. The number of hydrogen-bond donors (Lipinski definition) is 0. The van der Waals surface area contributed by atoms with Gasteiger partial charge in [0.2, 0.25) is 0 Å². The summed E-state index contributed by atoms with van der Waals surface area (Å²) in [5.41, 5.74) is 2.69. The molecule has 1 aromatic carbocycles. The standard InChI is InChI=1S/C21H23N3O3/c1-14-7-6-10-16(11-14)24-20(25)17-12-23(15-8-4-3-5-9-15)13-18(19(17)22-24)21(26)27-2/h6-7,10-13,15H,3-5,8-9H2,1-2H3. The van der Waals surface area contributed by atoms with Crippen molar-refractivity contribution in [2.75, 3.05) is 7.11 Å². The van der Waals surface area contributed by atoms with Gasteiger partial charge in [0.1, 0.15) is 11.3 Å². The molecule has 2 aliphatic heterocycles. The Morgan fingerprint density at radius 3 is 2.67 bits per heavy atom. The van der Waals surface area contributed by atoms with Gasteiger partial charge in [-0.05, 0) is 37.5 Å². The zero-order valence-corrected chi connectivity index (χ0v) is 15.6. The first-order valence-corrected chi connectivity index (χ1v) is 9.38. The molecule has 1 saturated carbocycles. The van der Waals surface area contributed by atoms with E-state index >= 15 is 0 Å². The highest BCUT2D eigenvalue weighted by Gasteiger charge is 2.27. The lowest BCUT2D eigenvalue weighted by atomic mass is 9.94. The largest absolute Gasteiger partial charge is 0.465 e. The van der Waals surface area contributed by atoms with E-state index in [0.717, 1.165) is 31.2 Å². The van der Waals surface area contributed by atoms with E-state index in [1.807, 2.05) is 42.0 Å². The summed E-state index contributed by atoms with van der Waals surface area (Å²) in [4.78, 5) is 25.5. The van der Waals surface area contributed by atoms with Crippen LogP contribution < -0.4 is 5.56 Å². The van der Waals surface area contributed by atoms with Crippen LogP contribution in [-0.2, 0) is 4.74 Å². The molecule has 6 heteroatoms. The van der Waals surface area contributed by atoms with E-state index in [2.05, 4.69) is 5.10 Å². The van der Waals surface area contributed by atoms with Gasteiger partial charge < -0.3 is 9.30 Å². The van der Waals surface area contributed by atoms with Crippen molar-refractivity contribution in [3.63, 3.8) is 0 Å². The van der Waals surface area contributed by atoms with Crippen LogP contribution in [0.1, 0.15) is 54.1 Å². The van der Waals surface area contributed by atoms with Crippen molar-refractivity contribution in [3.05, 3.63) is 58.1 Å². The van der Waals surface area contributed by atoms with E-state index in [4.69, 9.17) is 4.74 Å². The number of carbonyl (C=O) groups is 1. The minimum Gasteiger partial charge on any atom is -0.465 e. The van der Waals surface area contributed by atoms with Crippen molar-refractivity contribution in [2.45, 2.75) is 45.1 Å². The summed E-state index contributed by atoms with van der Waals surface area (Å²) >= 11 is 0. The average Bonchev–Trinajstić information content (AvgIpc) is 3.04. The van der Waals surface area contributed by atoms with Crippen LogP contribution >= 0.6 is 0 Å². The Hall–Kier alpha value is -2.89. The van der Waals surface area contributed by atoms with Crippen molar-refractivity contribution >= 4 is 5.97 Å². The lowest BCUT2D eigenvalue weighted by Gasteiger charge is -2.25. The van der Waals surface area contributed by atoms with Gasteiger partial charge in [0, 0.05) is 18.4 Å². The molecular weight excluding hydrogens is 342 g/mol. The Kier molecular flexibility index (Phi) is 4.56. The molecule has 0 spiro atoms. The molecular formula is C21H23N3O3. The second-order valence-electron chi connectivity index (χ2n) is 7.22. The number of ether oxygens (including phenoxy) is 1. The second kappa shape index (κ2) is 7.02. The fraction of sp³-hybridized carbons (Fsp3) is 0.381. The molecule has 1 aromatic rings. The van der Waals surface area contributed by atoms with Gasteiger partial charge in [-0.25, -0.2) is 4.79 Å². The van der Waals surface area contributed by atoms with Crippen molar-refractivity contribution in [1.29, 1.82) is 0 Å². The molecule has 4 rings (SSSR count). The Bertz CT molecular complexity index is 1010. The highest BCUT2D eigenvalue weighted by Crippen LogP contribution is 2.31. The van der Waals surface area contributed by atoms with Gasteiger partial charge in [0.05, 0.1) is 18.4 Å². The van der Waals surface area contributed by atoms with Crippen LogP contribution in [0.25, 0.3) is 16.9 Å². The maximum absolute atomic E-state index is 13.1. The fourth-order valence-electron chi connectivity index (χ4n) is 3.91. The summed E-state index contributed by atoms with van der Waals surface area (Å²) < 4.78 is 8.34. The Labute approximate surface area is 157 Å². The quantitative estimate of drug-likeness (QED) is 0.663. The SMILES string of the molecule is COC(=O)c1cn(C2CCCCC2)cc2c(=O)n(-c3cccc(C)c3)nc1-2. The van der Waals surface area contributed by atoms with Crippen molar-refractivity contribution in [3.8, 4) is 16.9 Å². The molecule has 0 bridgehead atoms. The molecule has 0 saturated heterocycles.